The van der Waals surface area contributed by atoms with Crippen molar-refractivity contribution >= 4 is 28.7 Å². The van der Waals surface area contributed by atoms with Crippen LogP contribution in [0.1, 0.15) is 10.4 Å². The fourth-order valence-corrected chi connectivity index (χ4v) is 1.98. The Balaban J connectivity index is 2.15. The minimum Gasteiger partial charge on any atom is -0.478 e. The molecule has 20 heavy (non-hydrogen) atoms. The fraction of sp³-hybridized carbons (Fsp3) is 0. The average Bonchev–Trinajstić information content (AvgIpc) is 2.80. The van der Waals surface area contributed by atoms with Crippen LogP contribution in [0.2, 0.25) is 5.02 Å². The molecular formula is C13H7ClFN3O2. The van der Waals surface area contributed by atoms with Gasteiger partial charge in [0.25, 0.3) is 0 Å². The first-order valence-corrected chi connectivity index (χ1v) is 5.97. The molecule has 0 aliphatic carbocycles. The highest BCUT2D eigenvalue weighted by atomic mass is 35.5. The quantitative estimate of drug-likeness (QED) is 0.760. The minimum atomic E-state index is -1.09. The van der Waals surface area contributed by atoms with E-state index in [1.54, 1.807) is 6.07 Å². The van der Waals surface area contributed by atoms with Crippen molar-refractivity contribution in [3.63, 3.8) is 0 Å². The predicted octanol–water partition coefficient (Wildman–Crippen LogP) is 3.12. The van der Waals surface area contributed by atoms with E-state index in [0.717, 1.165) is 0 Å². The molecule has 7 heteroatoms. The maximum atomic E-state index is 13.8. The number of pyridine rings is 1. The van der Waals surface area contributed by atoms with E-state index in [2.05, 4.69) is 15.0 Å². The third-order valence-electron chi connectivity index (χ3n) is 2.77. The van der Waals surface area contributed by atoms with Crippen LogP contribution >= 0.6 is 11.6 Å². The van der Waals surface area contributed by atoms with E-state index in [4.69, 9.17) is 16.7 Å². The molecule has 3 rings (SSSR count). The average molecular weight is 292 g/mol. The standard InChI is InChI=1S/C13H7ClFN3O2/c14-7-1-2-8(9(15)4-7)11-17-10-3-6(13(19)20)5-16-12(10)18-11/h1-5H,(H,19,20)(H,16,17,18). The van der Waals surface area contributed by atoms with Crippen LogP contribution in [-0.4, -0.2) is 26.0 Å². The summed E-state index contributed by atoms with van der Waals surface area (Å²) in [7, 11) is 0. The molecule has 0 fully saturated rings. The number of H-pyrrole nitrogens is 1. The van der Waals surface area contributed by atoms with Crippen LogP contribution < -0.4 is 0 Å². The molecule has 0 radical (unpaired) electrons. The molecule has 100 valence electrons. The number of hydrogen-bond donors (Lipinski definition) is 2. The number of hydrogen-bond acceptors (Lipinski definition) is 3. The molecule has 0 saturated heterocycles. The first-order chi connectivity index (χ1) is 9.54. The summed E-state index contributed by atoms with van der Waals surface area (Å²) < 4.78 is 13.8. The van der Waals surface area contributed by atoms with Crippen LogP contribution in [0.5, 0.6) is 0 Å². The van der Waals surface area contributed by atoms with Gasteiger partial charge in [0, 0.05) is 11.2 Å². The maximum Gasteiger partial charge on any atom is 0.337 e. The van der Waals surface area contributed by atoms with Crippen LogP contribution in [0.3, 0.4) is 0 Å². The summed E-state index contributed by atoms with van der Waals surface area (Å²) in [6, 6.07) is 5.62. The molecule has 0 bridgehead atoms. The molecule has 5 nitrogen and oxygen atoms in total. The number of aromatic nitrogens is 3. The second-order valence-electron chi connectivity index (χ2n) is 4.11. The van der Waals surface area contributed by atoms with E-state index in [0.29, 0.717) is 11.2 Å². The number of imidazole rings is 1. The Kier molecular flexibility index (Phi) is 2.87. The molecule has 0 atom stereocenters. The van der Waals surface area contributed by atoms with Crippen molar-refractivity contribution in [3.8, 4) is 11.4 Å². The number of halogens is 2. The molecule has 0 aliphatic heterocycles. The monoisotopic (exact) mass is 291 g/mol. The molecular weight excluding hydrogens is 285 g/mol. The summed E-state index contributed by atoms with van der Waals surface area (Å²) in [5, 5.41) is 9.18. The molecule has 2 heterocycles. The summed E-state index contributed by atoms with van der Waals surface area (Å²) in [6.07, 6.45) is 1.20. The molecule has 0 saturated carbocycles. The van der Waals surface area contributed by atoms with Gasteiger partial charge >= 0.3 is 5.97 Å². The third-order valence-corrected chi connectivity index (χ3v) is 3.01. The van der Waals surface area contributed by atoms with Gasteiger partial charge in [-0.3, -0.25) is 0 Å². The van der Waals surface area contributed by atoms with Crippen molar-refractivity contribution < 1.29 is 14.3 Å². The number of fused-ring (bicyclic) bond motifs is 1. The number of aromatic amines is 1. The van der Waals surface area contributed by atoms with Crippen LogP contribution in [0, 0.1) is 5.82 Å². The highest BCUT2D eigenvalue weighted by Gasteiger charge is 2.13. The molecule has 2 aromatic heterocycles. The smallest absolute Gasteiger partial charge is 0.337 e. The number of carboxylic acids is 1. The van der Waals surface area contributed by atoms with Gasteiger partial charge in [-0.15, -0.1) is 0 Å². The van der Waals surface area contributed by atoms with Gasteiger partial charge < -0.3 is 10.1 Å². The predicted molar refractivity (Wildman–Crippen MR) is 71.3 cm³/mol. The van der Waals surface area contributed by atoms with Gasteiger partial charge in [-0.25, -0.2) is 19.2 Å². The highest BCUT2D eigenvalue weighted by Crippen LogP contribution is 2.25. The SMILES string of the molecule is O=C(O)c1cnc2nc(-c3ccc(Cl)cc3F)[nH]c2c1. The molecule has 0 unspecified atom stereocenters. The summed E-state index contributed by atoms with van der Waals surface area (Å²) >= 11 is 5.69. The Hall–Kier alpha value is -2.47. The summed E-state index contributed by atoms with van der Waals surface area (Å²) in [4.78, 5) is 21.8. The summed E-state index contributed by atoms with van der Waals surface area (Å²) in [5.74, 6) is -1.34. The molecule has 0 spiro atoms. The van der Waals surface area contributed by atoms with Gasteiger partial charge in [0.15, 0.2) is 5.65 Å². The van der Waals surface area contributed by atoms with E-state index in [1.807, 2.05) is 0 Å². The molecule has 0 amide bonds. The van der Waals surface area contributed by atoms with Gasteiger partial charge in [-0.05, 0) is 24.3 Å². The number of carboxylic acid groups (broad SMARTS) is 1. The normalized spacial score (nSPS) is 10.9. The Morgan fingerprint density at radius 2 is 2.15 bits per heavy atom. The van der Waals surface area contributed by atoms with E-state index < -0.39 is 11.8 Å². The van der Waals surface area contributed by atoms with Crippen molar-refractivity contribution in [2.75, 3.05) is 0 Å². The van der Waals surface area contributed by atoms with Gasteiger partial charge in [0.05, 0.1) is 16.6 Å². The Morgan fingerprint density at radius 1 is 1.35 bits per heavy atom. The second kappa shape index (κ2) is 4.57. The first kappa shape index (κ1) is 12.6. The van der Waals surface area contributed by atoms with Gasteiger partial charge in [0.2, 0.25) is 0 Å². The lowest BCUT2D eigenvalue weighted by atomic mass is 10.2. The zero-order valence-electron chi connectivity index (χ0n) is 9.89. The molecule has 2 N–H and O–H groups in total. The summed E-state index contributed by atoms with van der Waals surface area (Å²) in [6.45, 7) is 0. The topological polar surface area (TPSA) is 78.9 Å². The number of aromatic carboxylic acids is 1. The Labute approximate surface area is 117 Å². The molecule has 0 aliphatic rings. The van der Waals surface area contributed by atoms with Crippen LogP contribution in [0.25, 0.3) is 22.6 Å². The lowest BCUT2D eigenvalue weighted by Crippen LogP contribution is -1.96. The number of benzene rings is 1. The fourth-order valence-electron chi connectivity index (χ4n) is 1.83. The van der Waals surface area contributed by atoms with Crippen LogP contribution in [0.15, 0.2) is 30.5 Å². The van der Waals surface area contributed by atoms with Crippen LogP contribution in [0.4, 0.5) is 4.39 Å². The highest BCUT2D eigenvalue weighted by molar-refractivity contribution is 6.30. The number of nitrogens with zero attached hydrogens (tertiary/aromatic N) is 2. The van der Waals surface area contributed by atoms with Gasteiger partial charge in [-0.1, -0.05) is 11.6 Å². The first-order valence-electron chi connectivity index (χ1n) is 5.59. The zero-order chi connectivity index (χ0) is 14.3. The number of nitrogens with one attached hydrogen (secondary N) is 1. The minimum absolute atomic E-state index is 0.0317. The number of carbonyl (C=O) groups is 1. The largest absolute Gasteiger partial charge is 0.478 e. The Bertz CT molecular complexity index is 832. The van der Waals surface area contributed by atoms with E-state index in [9.17, 15) is 9.18 Å². The van der Waals surface area contributed by atoms with Crippen LogP contribution in [-0.2, 0) is 0 Å². The van der Waals surface area contributed by atoms with Crippen molar-refractivity contribution in [3.05, 3.63) is 46.9 Å². The number of rotatable bonds is 2. The van der Waals surface area contributed by atoms with Crippen molar-refractivity contribution in [2.24, 2.45) is 0 Å². The van der Waals surface area contributed by atoms with Gasteiger partial charge in [-0.2, -0.15) is 0 Å². The summed E-state index contributed by atoms with van der Waals surface area (Å²) in [5.41, 5.74) is 1.02. The Morgan fingerprint density at radius 3 is 2.85 bits per heavy atom. The van der Waals surface area contributed by atoms with E-state index >= 15 is 0 Å². The molecule has 3 aromatic rings. The van der Waals surface area contributed by atoms with Gasteiger partial charge in [0.1, 0.15) is 11.6 Å². The second-order valence-corrected chi connectivity index (χ2v) is 4.55. The van der Waals surface area contributed by atoms with E-state index in [-0.39, 0.29) is 22.0 Å². The lowest BCUT2D eigenvalue weighted by molar-refractivity contribution is 0.0696. The zero-order valence-corrected chi connectivity index (χ0v) is 10.6. The maximum absolute atomic E-state index is 13.8. The third kappa shape index (κ3) is 2.10. The van der Waals surface area contributed by atoms with Crippen molar-refractivity contribution in [1.29, 1.82) is 0 Å². The van der Waals surface area contributed by atoms with Crippen molar-refractivity contribution in [2.45, 2.75) is 0 Å². The van der Waals surface area contributed by atoms with E-state index in [1.165, 1.54) is 24.4 Å². The van der Waals surface area contributed by atoms with Crippen molar-refractivity contribution in [1.82, 2.24) is 15.0 Å². The lowest BCUT2D eigenvalue weighted by Gasteiger charge is -1.98. The molecule has 1 aromatic carbocycles.